The number of rotatable bonds is 5. The summed E-state index contributed by atoms with van der Waals surface area (Å²) in [6, 6.07) is 13.8. The van der Waals surface area contributed by atoms with Crippen LogP contribution in [0.2, 0.25) is 5.02 Å². The molecule has 0 saturated carbocycles. The Kier molecular flexibility index (Phi) is 8.75. The minimum Gasteiger partial charge on any atom is -0.453 e. The minimum absolute atomic E-state index is 0.0812. The molecule has 1 aliphatic rings. The third-order valence-corrected chi connectivity index (χ3v) is 7.75. The van der Waals surface area contributed by atoms with Gasteiger partial charge in [-0.15, -0.1) is 5.10 Å². The molecule has 3 heterocycles. The van der Waals surface area contributed by atoms with Gasteiger partial charge in [0.25, 0.3) is 5.91 Å². The number of benzene rings is 3. The number of hydrogen-bond donors (Lipinski definition) is 3. The first-order chi connectivity index (χ1) is 22.7. The molecule has 238 valence electrons. The number of aromatic nitrogens is 6. The third-order valence-electron chi connectivity index (χ3n) is 7.51. The molecule has 0 radical (unpaired) electrons. The van der Waals surface area contributed by atoms with Gasteiger partial charge in [-0.1, -0.05) is 23.7 Å². The summed E-state index contributed by atoms with van der Waals surface area (Å²) in [5, 5.41) is 17.3. The van der Waals surface area contributed by atoms with Crippen molar-refractivity contribution < 1.29 is 23.5 Å². The molecule has 2 aromatic heterocycles. The van der Waals surface area contributed by atoms with E-state index in [1.54, 1.807) is 61.8 Å². The Morgan fingerprint density at radius 2 is 1.98 bits per heavy atom. The van der Waals surface area contributed by atoms with E-state index in [-0.39, 0.29) is 18.5 Å². The second-order valence-electron chi connectivity index (χ2n) is 10.7. The zero-order chi connectivity index (χ0) is 33.1. The summed E-state index contributed by atoms with van der Waals surface area (Å²) in [6.07, 6.45) is 5.60. The Balaban J connectivity index is 1.37. The first-order valence-electron chi connectivity index (χ1n) is 14.3. The van der Waals surface area contributed by atoms with Gasteiger partial charge in [0, 0.05) is 47.7 Å². The fourth-order valence-electron chi connectivity index (χ4n) is 5.25. The van der Waals surface area contributed by atoms with Crippen LogP contribution in [-0.2, 0) is 22.5 Å². The molecule has 5 aromatic rings. The summed E-state index contributed by atoms with van der Waals surface area (Å²) in [5.74, 6) is -1.22. The summed E-state index contributed by atoms with van der Waals surface area (Å²) in [7, 11) is 2.82. The average molecular weight is 656 g/mol. The van der Waals surface area contributed by atoms with E-state index in [0.717, 1.165) is 0 Å². The lowest BCUT2D eigenvalue weighted by molar-refractivity contribution is -0.117. The maximum Gasteiger partial charge on any atom is 0.411 e. The molecule has 0 saturated heterocycles. The van der Waals surface area contributed by atoms with Crippen molar-refractivity contribution in [2.45, 2.75) is 19.0 Å². The van der Waals surface area contributed by atoms with Crippen LogP contribution >= 0.6 is 11.6 Å². The lowest BCUT2D eigenvalue weighted by Crippen LogP contribution is -2.29. The van der Waals surface area contributed by atoms with Crippen LogP contribution in [0, 0.1) is 5.82 Å². The number of carbonyl (C=O) groups excluding carboxylic acids is 3. The van der Waals surface area contributed by atoms with Gasteiger partial charge in [0.2, 0.25) is 5.91 Å². The van der Waals surface area contributed by atoms with Crippen molar-refractivity contribution in [3.8, 4) is 16.9 Å². The zero-order valence-corrected chi connectivity index (χ0v) is 25.8. The molecule has 0 fully saturated rings. The number of fused-ring (bicyclic) bond motifs is 6. The highest BCUT2D eigenvalue weighted by Crippen LogP contribution is 2.30. The topological polar surface area (TPSA) is 160 Å². The summed E-state index contributed by atoms with van der Waals surface area (Å²) >= 11 is 6.22. The van der Waals surface area contributed by atoms with E-state index in [9.17, 15) is 14.4 Å². The predicted molar refractivity (Wildman–Crippen MR) is 170 cm³/mol. The van der Waals surface area contributed by atoms with Crippen LogP contribution < -0.4 is 10.6 Å². The molecule has 3 N–H and O–H groups in total. The highest BCUT2D eigenvalue weighted by atomic mass is 35.5. The van der Waals surface area contributed by atoms with E-state index < -0.39 is 29.8 Å². The molecular weight excluding hydrogens is 629 g/mol. The van der Waals surface area contributed by atoms with Crippen LogP contribution in [0.1, 0.15) is 38.9 Å². The monoisotopic (exact) mass is 655 g/mol. The Hall–Kier alpha value is -5.89. The predicted octanol–water partition coefficient (Wildman–Crippen LogP) is 4.72. The fraction of sp³-hybridized carbons (Fsp3) is 0.156. The number of H-pyrrole nitrogens is 1. The first-order valence-corrected chi connectivity index (χ1v) is 14.6. The summed E-state index contributed by atoms with van der Waals surface area (Å²) < 4.78 is 21.2. The molecule has 47 heavy (non-hydrogen) atoms. The molecular formula is C32H27ClFN9O4. The highest BCUT2D eigenvalue weighted by molar-refractivity contribution is 6.30. The molecule has 1 atom stereocenters. The van der Waals surface area contributed by atoms with Crippen LogP contribution in [0.4, 0.5) is 14.9 Å². The van der Waals surface area contributed by atoms with Crippen LogP contribution in [-0.4, -0.2) is 67.1 Å². The minimum atomic E-state index is -0.699. The fourth-order valence-corrected chi connectivity index (χ4v) is 5.43. The largest absolute Gasteiger partial charge is 0.453 e. The number of methoxy groups -OCH3 is 1. The number of amides is 3. The Labute approximate surface area is 272 Å². The van der Waals surface area contributed by atoms with Gasteiger partial charge in [-0.05, 0) is 76.5 Å². The molecule has 4 bridgehead atoms. The average Bonchev–Trinajstić information content (AvgIpc) is 3.77. The maximum atomic E-state index is 15.0. The third kappa shape index (κ3) is 6.87. The van der Waals surface area contributed by atoms with Gasteiger partial charge in [0.05, 0.1) is 30.1 Å². The number of halogens is 2. The summed E-state index contributed by atoms with van der Waals surface area (Å²) in [6.45, 7) is 0.0812. The molecule has 15 heteroatoms. The molecule has 6 rings (SSSR count). The van der Waals surface area contributed by atoms with Crippen LogP contribution in [0.3, 0.4) is 0 Å². The number of imidazole rings is 1. The van der Waals surface area contributed by atoms with Gasteiger partial charge in [0.1, 0.15) is 18.0 Å². The molecule has 1 unspecified atom stereocenters. The van der Waals surface area contributed by atoms with Crippen molar-refractivity contribution in [3.63, 3.8) is 0 Å². The van der Waals surface area contributed by atoms with Gasteiger partial charge in [-0.25, -0.2) is 14.2 Å². The number of hydrogen-bond acceptors (Lipinski definition) is 8. The van der Waals surface area contributed by atoms with Gasteiger partial charge in [-0.3, -0.25) is 14.9 Å². The normalized spacial score (nSPS) is 14.5. The second-order valence-corrected chi connectivity index (χ2v) is 11.1. The highest BCUT2D eigenvalue weighted by Gasteiger charge is 2.24. The number of tetrazole rings is 1. The van der Waals surface area contributed by atoms with Gasteiger partial charge in [0.15, 0.2) is 0 Å². The van der Waals surface area contributed by atoms with Crippen LogP contribution in [0.15, 0.2) is 73.2 Å². The number of ether oxygens (including phenoxy) is 1. The van der Waals surface area contributed by atoms with Crippen molar-refractivity contribution >= 4 is 41.3 Å². The van der Waals surface area contributed by atoms with Crippen molar-refractivity contribution in [2.75, 3.05) is 19.5 Å². The molecule has 3 amide bonds. The number of nitrogens with zero attached hydrogens (tertiary/aromatic N) is 6. The van der Waals surface area contributed by atoms with Gasteiger partial charge in [-0.2, -0.15) is 4.68 Å². The van der Waals surface area contributed by atoms with E-state index in [2.05, 4.69) is 31.1 Å². The van der Waals surface area contributed by atoms with E-state index >= 15 is 4.39 Å². The maximum absolute atomic E-state index is 15.0. The summed E-state index contributed by atoms with van der Waals surface area (Å²) in [4.78, 5) is 48.1. The van der Waals surface area contributed by atoms with E-state index in [1.165, 1.54) is 41.2 Å². The zero-order valence-electron chi connectivity index (χ0n) is 25.1. The van der Waals surface area contributed by atoms with Crippen LogP contribution in [0.25, 0.3) is 23.0 Å². The Bertz CT molecular complexity index is 2010. The van der Waals surface area contributed by atoms with E-state index in [1.807, 2.05) is 0 Å². The Morgan fingerprint density at radius 1 is 1.13 bits per heavy atom. The lowest BCUT2D eigenvalue weighted by Gasteiger charge is -2.20. The SMILES string of the molecule is COC(=O)Nc1ccc2c(c1)CN(C)C(=O)c1cc(ccc1F)CC(NC(=O)/C=C/c1cc(Cl)ccc1-n1cnnn1)c1nc-2c[nH]1. The molecule has 1 aliphatic heterocycles. The van der Waals surface area contributed by atoms with E-state index in [0.29, 0.717) is 50.2 Å². The summed E-state index contributed by atoms with van der Waals surface area (Å²) in [5.41, 5.74) is 3.96. The van der Waals surface area contributed by atoms with Crippen molar-refractivity contribution in [3.05, 3.63) is 112 Å². The van der Waals surface area contributed by atoms with Gasteiger partial charge >= 0.3 is 6.09 Å². The number of anilines is 1. The first kappa shape index (κ1) is 31.1. The van der Waals surface area contributed by atoms with Crippen molar-refractivity contribution in [1.29, 1.82) is 0 Å². The van der Waals surface area contributed by atoms with Crippen molar-refractivity contribution in [2.24, 2.45) is 0 Å². The molecule has 0 spiro atoms. The Morgan fingerprint density at radius 3 is 2.77 bits per heavy atom. The quantitative estimate of drug-likeness (QED) is 0.229. The number of aromatic amines is 1. The van der Waals surface area contributed by atoms with Crippen LogP contribution in [0.5, 0.6) is 0 Å². The second kappa shape index (κ2) is 13.2. The molecule has 3 aromatic carbocycles. The number of nitrogens with one attached hydrogen (secondary N) is 3. The van der Waals surface area contributed by atoms with Crippen molar-refractivity contribution in [1.82, 2.24) is 40.4 Å². The number of carbonyl (C=O) groups is 3. The molecule has 0 aliphatic carbocycles. The molecule has 13 nitrogen and oxygen atoms in total. The standard InChI is InChI=1S/C32H27ClFN9O4/c1-42-16-20-14-22(37-32(46)47-2)6-7-23(20)27-15-35-30(39-27)26(12-18-3-8-25(34)24(11-18)31(42)45)38-29(44)10-4-19-13-21(33)5-9-28(19)43-17-36-40-41-43/h3-11,13-15,17,26H,12,16H2,1-2H3,(H,35,39)(H,37,46)(H,38,44)/b10-4+. The smallest absolute Gasteiger partial charge is 0.411 e. The lowest BCUT2D eigenvalue weighted by atomic mass is 10.0. The van der Waals surface area contributed by atoms with Gasteiger partial charge < -0.3 is 19.9 Å². The van der Waals surface area contributed by atoms with E-state index in [4.69, 9.17) is 21.3 Å².